The topological polar surface area (TPSA) is 143 Å². The standard InChI is InChI=1S/C32H28N4O8/c1-41-23-8-4-20(5-9-23)15-34-30(38)22-7-10-25-26(14-22)35(18-29(37)33-16-24-3-2-12-42-24)32(40)36(31(25)39)17-21-6-11-27-28(13-21)44-19-43-27/h2-14H,15-19H2,1H3,(H,33,37)(H,34,38). The molecule has 0 fully saturated rings. The molecule has 5 aromatic rings. The second-order valence-corrected chi connectivity index (χ2v) is 10.1. The van der Waals surface area contributed by atoms with Crippen LogP contribution in [0.2, 0.25) is 0 Å². The molecule has 2 N–H and O–H groups in total. The number of carbonyl (C=O) groups excluding carboxylic acids is 2. The molecule has 1 aliphatic heterocycles. The second kappa shape index (κ2) is 12.2. The van der Waals surface area contributed by atoms with Crippen LogP contribution in [0.1, 0.15) is 27.2 Å². The van der Waals surface area contributed by atoms with E-state index in [0.29, 0.717) is 28.6 Å². The first-order valence-electron chi connectivity index (χ1n) is 13.8. The van der Waals surface area contributed by atoms with Crippen LogP contribution >= 0.6 is 0 Å². The fourth-order valence-electron chi connectivity index (χ4n) is 4.90. The number of amides is 2. The van der Waals surface area contributed by atoms with Gasteiger partial charge >= 0.3 is 5.69 Å². The third-order valence-corrected chi connectivity index (χ3v) is 7.22. The summed E-state index contributed by atoms with van der Waals surface area (Å²) in [5.74, 6) is 1.44. The number of carbonyl (C=O) groups is 2. The lowest BCUT2D eigenvalue weighted by atomic mass is 10.1. The summed E-state index contributed by atoms with van der Waals surface area (Å²) in [7, 11) is 1.57. The molecule has 0 aliphatic carbocycles. The molecular formula is C32H28N4O8. The molecule has 12 nitrogen and oxygen atoms in total. The normalized spacial score (nSPS) is 11.8. The van der Waals surface area contributed by atoms with E-state index in [1.54, 1.807) is 49.6 Å². The highest BCUT2D eigenvalue weighted by Crippen LogP contribution is 2.32. The summed E-state index contributed by atoms with van der Waals surface area (Å²) >= 11 is 0. The largest absolute Gasteiger partial charge is 0.497 e. The Hall–Kier alpha value is -5.78. The number of rotatable bonds is 10. The average Bonchev–Trinajstić information content (AvgIpc) is 3.75. The summed E-state index contributed by atoms with van der Waals surface area (Å²) in [6, 6.07) is 20.3. The quantitative estimate of drug-likeness (QED) is 0.251. The molecular weight excluding hydrogens is 568 g/mol. The number of nitrogens with zero attached hydrogens (tertiary/aromatic N) is 2. The van der Waals surface area contributed by atoms with Crippen LogP contribution in [0, 0.1) is 0 Å². The van der Waals surface area contributed by atoms with Gasteiger partial charge < -0.3 is 29.3 Å². The number of hydrogen-bond donors (Lipinski definition) is 2. The molecule has 0 bridgehead atoms. The van der Waals surface area contributed by atoms with Gasteiger partial charge in [-0.05, 0) is 65.7 Å². The fourth-order valence-corrected chi connectivity index (χ4v) is 4.90. The predicted octanol–water partition coefficient (Wildman–Crippen LogP) is 2.79. The smallest absolute Gasteiger partial charge is 0.332 e. The van der Waals surface area contributed by atoms with Crippen molar-refractivity contribution in [1.29, 1.82) is 0 Å². The number of nitrogens with one attached hydrogen (secondary N) is 2. The van der Waals surface area contributed by atoms with Crippen molar-refractivity contribution in [2.75, 3.05) is 13.9 Å². The summed E-state index contributed by atoms with van der Waals surface area (Å²) in [4.78, 5) is 53.5. The number of aromatic nitrogens is 2. The van der Waals surface area contributed by atoms with Gasteiger partial charge in [0.15, 0.2) is 11.5 Å². The van der Waals surface area contributed by atoms with E-state index < -0.39 is 29.6 Å². The Morgan fingerprint density at radius 1 is 0.864 bits per heavy atom. The molecule has 0 spiro atoms. The Labute approximate surface area is 250 Å². The highest BCUT2D eigenvalue weighted by atomic mass is 16.7. The molecule has 3 heterocycles. The van der Waals surface area contributed by atoms with Crippen LogP contribution in [-0.4, -0.2) is 34.9 Å². The Morgan fingerprint density at radius 2 is 1.66 bits per heavy atom. The predicted molar refractivity (Wildman–Crippen MR) is 159 cm³/mol. The van der Waals surface area contributed by atoms with Crippen molar-refractivity contribution in [1.82, 2.24) is 19.8 Å². The van der Waals surface area contributed by atoms with Gasteiger partial charge in [0.1, 0.15) is 18.1 Å². The van der Waals surface area contributed by atoms with Crippen LogP contribution in [-0.2, 0) is 31.0 Å². The van der Waals surface area contributed by atoms with Crippen LogP contribution in [0.4, 0.5) is 0 Å². The molecule has 0 radical (unpaired) electrons. The van der Waals surface area contributed by atoms with Gasteiger partial charge in [-0.15, -0.1) is 0 Å². The van der Waals surface area contributed by atoms with Crippen molar-refractivity contribution in [3.05, 3.63) is 122 Å². The van der Waals surface area contributed by atoms with Gasteiger partial charge in [-0.25, -0.2) is 4.79 Å². The van der Waals surface area contributed by atoms with Gasteiger partial charge in [0.25, 0.3) is 11.5 Å². The third-order valence-electron chi connectivity index (χ3n) is 7.22. The van der Waals surface area contributed by atoms with Crippen LogP contribution in [0.5, 0.6) is 17.2 Å². The average molecular weight is 597 g/mol. The highest BCUT2D eigenvalue weighted by Gasteiger charge is 2.19. The Morgan fingerprint density at radius 3 is 2.43 bits per heavy atom. The van der Waals surface area contributed by atoms with Gasteiger partial charge in [0, 0.05) is 12.1 Å². The van der Waals surface area contributed by atoms with Crippen molar-refractivity contribution < 1.29 is 28.2 Å². The van der Waals surface area contributed by atoms with Crippen molar-refractivity contribution >= 4 is 22.7 Å². The van der Waals surface area contributed by atoms with Gasteiger partial charge in [0.05, 0.1) is 37.4 Å². The van der Waals surface area contributed by atoms with E-state index >= 15 is 0 Å². The van der Waals surface area contributed by atoms with Gasteiger partial charge in [0.2, 0.25) is 12.7 Å². The highest BCUT2D eigenvalue weighted by molar-refractivity contribution is 5.98. The minimum atomic E-state index is -0.705. The minimum Gasteiger partial charge on any atom is -0.497 e. The van der Waals surface area contributed by atoms with Crippen molar-refractivity contribution in [2.45, 2.75) is 26.2 Å². The molecule has 3 aromatic carbocycles. The monoisotopic (exact) mass is 596 g/mol. The summed E-state index contributed by atoms with van der Waals surface area (Å²) in [5, 5.41) is 5.74. The Balaban J connectivity index is 1.33. The maximum atomic E-state index is 13.8. The first-order valence-corrected chi connectivity index (χ1v) is 13.8. The zero-order valence-corrected chi connectivity index (χ0v) is 23.7. The second-order valence-electron chi connectivity index (χ2n) is 10.1. The van der Waals surface area contributed by atoms with Gasteiger partial charge in [-0.3, -0.25) is 23.5 Å². The number of ether oxygens (including phenoxy) is 3. The number of benzene rings is 3. The van der Waals surface area contributed by atoms with Crippen molar-refractivity contribution in [3.63, 3.8) is 0 Å². The lowest BCUT2D eigenvalue weighted by Crippen LogP contribution is -2.43. The molecule has 12 heteroatoms. The molecule has 44 heavy (non-hydrogen) atoms. The van der Waals surface area contributed by atoms with E-state index in [1.807, 2.05) is 12.1 Å². The molecule has 0 saturated heterocycles. The summed E-state index contributed by atoms with van der Waals surface area (Å²) in [6.45, 7) is -0.00423. The number of fused-ring (bicyclic) bond motifs is 2. The van der Waals surface area contributed by atoms with E-state index in [4.69, 9.17) is 18.6 Å². The minimum absolute atomic E-state index is 0.0671. The summed E-state index contributed by atoms with van der Waals surface area (Å²) in [6.07, 6.45) is 1.49. The van der Waals surface area contributed by atoms with Gasteiger partial charge in [-0.1, -0.05) is 18.2 Å². The van der Waals surface area contributed by atoms with Crippen molar-refractivity contribution in [3.8, 4) is 17.2 Å². The number of methoxy groups -OCH3 is 1. The zero-order chi connectivity index (χ0) is 30.6. The molecule has 6 rings (SSSR count). The summed E-state index contributed by atoms with van der Waals surface area (Å²) < 4.78 is 23.5. The summed E-state index contributed by atoms with van der Waals surface area (Å²) in [5.41, 5.74) is 0.618. The lowest BCUT2D eigenvalue weighted by molar-refractivity contribution is -0.121. The van der Waals surface area contributed by atoms with E-state index in [9.17, 15) is 19.2 Å². The van der Waals surface area contributed by atoms with Crippen LogP contribution in [0.25, 0.3) is 10.9 Å². The zero-order valence-electron chi connectivity index (χ0n) is 23.7. The number of hydrogen-bond acceptors (Lipinski definition) is 8. The Kier molecular flexibility index (Phi) is 7.87. The molecule has 0 atom stereocenters. The molecule has 224 valence electrons. The molecule has 0 saturated carbocycles. The Bertz CT molecular complexity index is 1960. The van der Waals surface area contributed by atoms with E-state index in [0.717, 1.165) is 10.1 Å². The van der Waals surface area contributed by atoms with Crippen LogP contribution in [0.3, 0.4) is 0 Å². The SMILES string of the molecule is COc1ccc(CNC(=O)c2ccc3c(=O)n(Cc4ccc5c(c4)OCO5)c(=O)n(CC(=O)NCc4ccco4)c3c2)cc1. The number of furan rings is 1. The van der Waals surface area contributed by atoms with Crippen LogP contribution < -0.4 is 36.1 Å². The molecule has 2 amide bonds. The maximum absolute atomic E-state index is 13.8. The maximum Gasteiger partial charge on any atom is 0.332 e. The third kappa shape index (κ3) is 5.91. The van der Waals surface area contributed by atoms with Crippen molar-refractivity contribution in [2.24, 2.45) is 0 Å². The van der Waals surface area contributed by atoms with E-state index in [2.05, 4.69) is 10.6 Å². The van der Waals surface area contributed by atoms with Gasteiger partial charge in [-0.2, -0.15) is 0 Å². The molecule has 1 aliphatic rings. The first-order chi connectivity index (χ1) is 21.4. The lowest BCUT2D eigenvalue weighted by Gasteiger charge is -2.15. The molecule has 0 unspecified atom stereocenters. The molecule has 2 aromatic heterocycles. The van der Waals surface area contributed by atoms with E-state index in [-0.39, 0.29) is 42.9 Å². The fraction of sp³-hybridized carbons (Fsp3) is 0.188. The van der Waals surface area contributed by atoms with E-state index in [1.165, 1.54) is 29.0 Å². The first kappa shape index (κ1) is 28.3. The van der Waals surface area contributed by atoms with Crippen LogP contribution in [0.15, 0.2) is 93.1 Å².